The number of nitrogens with two attached hydrogens (primary N) is 1. The van der Waals surface area contributed by atoms with E-state index in [1.165, 1.54) is 23.3 Å². The number of hydrogen-bond acceptors (Lipinski definition) is 3. The van der Waals surface area contributed by atoms with Crippen molar-refractivity contribution >= 4 is 16.5 Å². The molecule has 2 aromatic rings. The van der Waals surface area contributed by atoms with Gasteiger partial charge in [0, 0.05) is 0 Å². The number of aromatic nitrogens is 1. The second-order valence-electron chi connectivity index (χ2n) is 3.80. The summed E-state index contributed by atoms with van der Waals surface area (Å²) in [5.74, 6) is 0. The molecular formula is C13H16N2S. The van der Waals surface area contributed by atoms with Crippen molar-refractivity contribution in [1.29, 1.82) is 0 Å². The van der Waals surface area contributed by atoms with Crippen molar-refractivity contribution in [2.45, 2.75) is 26.2 Å². The maximum atomic E-state index is 5.80. The maximum Gasteiger partial charge on any atom is 0.180 e. The van der Waals surface area contributed by atoms with Gasteiger partial charge in [-0.05, 0) is 18.4 Å². The SMILES string of the molecule is CCCCc1nc(N)sc1-c1ccccc1. The predicted octanol–water partition coefficient (Wildman–Crippen LogP) is 3.73. The molecule has 1 aromatic carbocycles. The third-order valence-corrected chi connectivity index (χ3v) is 3.49. The number of thiazole rings is 1. The van der Waals surface area contributed by atoms with Crippen molar-refractivity contribution in [3.63, 3.8) is 0 Å². The summed E-state index contributed by atoms with van der Waals surface area (Å²) in [6, 6.07) is 10.4. The number of nitrogen functional groups attached to an aromatic ring is 1. The second kappa shape index (κ2) is 5.12. The minimum atomic E-state index is 0.671. The van der Waals surface area contributed by atoms with Gasteiger partial charge in [-0.25, -0.2) is 4.98 Å². The van der Waals surface area contributed by atoms with Gasteiger partial charge in [-0.2, -0.15) is 0 Å². The number of rotatable bonds is 4. The molecule has 0 aliphatic heterocycles. The summed E-state index contributed by atoms with van der Waals surface area (Å²) < 4.78 is 0. The van der Waals surface area contributed by atoms with Gasteiger partial charge >= 0.3 is 0 Å². The normalized spacial score (nSPS) is 10.6. The molecule has 2 N–H and O–H groups in total. The monoisotopic (exact) mass is 232 g/mol. The van der Waals surface area contributed by atoms with Crippen LogP contribution in [0.15, 0.2) is 30.3 Å². The molecule has 1 aromatic heterocycles. The third-order valence-electron chi connectivity index (χ3n) is 2.52. The standard InChI is InChI=1S/C13H16N2S/c1-2-3-9-11-12(16-13(14)15-11)10-7-5-4-6-8-10/h4-8H,2-3,9H2,1H3,(H2,14,15). The van der Waals surface area contributed by atoms with Gasteiger partial charge in [-0.1, -0.05) is 55.0 Å². The Labute approximate surface area is 100 Å². The van der Waals surface area contributed by atoms with Gasteiger partial charge in [0.05, 0.1) is 10.6 Å². The highest BCUT2D eigenvalue weighted by atomic mass is 32.1. The highest BCUT2D eigenvalue weighted by Crippen LogP contribution is 2.32. The molecule has 16 heavy (non-hydrogen) atoms. The fraction of sp³-hybridized carbons (Fsp3) is 0.308. The molecule has 2 rings (SSSR count). The largest absolute Gasteiger partial charge is 0.375 e. The molecule has 0 radical (unpaired) electrons. The number of hydrogen-bond donors (Lipinski definition) is 1. The summed E-state index contributed by atoms with van der Waals surface area (Å²) in [6.45, 7) is 2.19. The van der Waals surface area contributed by atoms with Crippen molar-refractivity contribution in [3.8, 4) is 10.4 Å². The summed E-state index contributed by atoms with van der Waals surface area (Å²) in [4.78, 5) is 5.65. The van der Waals surface area contributed by atoms with Gasteiger partial charge in [0.25, 0.3) is 0 Å². The van der Waals surface area contributed by atoms with Crippen LogP contribution in [0.5, 0.6) is 0 Å². The zero-order valence-corrected chi connectivity index (χ0v) is 10.3. The van der Waals surface area contributed by atoms with Crippen molar-refractivity contribution in [2.24, 2.45) is 0 Å². The zero-order valence-electron chi connectivity index (χ0n) is 9.44. The fourth-order valence-corrected chi connectivity index (χ4v) is 2.58. The van der Waals surface area contributed by atoms with Crippen molar-refractivity contribution in [3.05, 3.63) is 36.0 Å². The molecule has 0 bridgehead atoms. The lowest BCUT2D eigenvalue weighted by molar-refractivity contribution is 0.783. The van der Waals surface area contributed by atoms with Gasteiger partial charge in [-0.15, -0.1) is 0 Å². The van der Waals surface area contributed by atoms with Gasteiger partial charge < -0.3 is 5.73 Å². The first-order chi connectivity index (χ1) is 7.81. The van der Waals surface area contributed by atoms with Crippen LogP contribution < -0.4 is 5.73 Å². The third kappa shape index (κ3) is 2.42. The summed E-state index contributed by atoms with van der Waals surface area (Å²) >= 11 is 1.58. The Morgan fingerprint density at radius 1 is 1.25 bits per heavy atom. The number of unbranched alkanes of at least 4 members (excludes halogenated alkanes) is 1. The van der Waals surface area contributed by atoms with Gasteiger partial charge in [-0.3, -0.25) is 0 Å². The lowest BCUT2D eigenvalue weighted by Crippen LogP contribution is -1.89. The first kappa shape index (κ1) is 11.1. The Morgan fingerprint density at radius 3 is 2.69 bits per heavy atom. The quantitative estimate of drug-likeness (QED) is 0.872. The van der Waals surface area contributed by atoms with Gasteiger partial charge in [0.1, 0.15) is 0 Å². The summed E-state index contributed by atoms with van der Waals surface area (Å²) in [5.41, 5.74) is 8.17. The van der Waals surface area contributed by atoms with E-state index < -0.39 is 0 Å². The molecule has 0 saturated heterocycles. The first-order valence-corrected chi connectivity index (χ1v) is 6.43. The van der Waals surface area contributed by atoms with E-state index in [1.807, 2.05) is 6.07 Å². The van der Waals surface area contributed by atoms with Crippen molar-refractivity contribution < 1.29 is 0 Å². The molecule has 0 unspecified atom stereocenters. The van der Waals surface area contributed by atoms with E-state index in [9.17, 15) is 0 Å². The molecule has 0 atom stereocenters. The highest BCUT2D eigenvalue weighted by Gasteiger charge is 2.10. The van der Waals surface area contributed by atoms with E-state index in [0.29, 0.717) is 5.13 Å². The Bertz CT molecular complexity index is 448. The molecular weight excluding hydrogens is 216 g/mol. The maximum absolute atomic E-state index is 5.80. The minimum absolute atomic E-state index is 0.671. The Hall–Kier alpha value is -1.35. The first-order valence-electron chi connectivity index (χ1n) is 5.62. The van der Waals surface area contributed by atoms with E-state index in [2.05, 4.69) is 36.2 Å². The molecule has 0 fully saturated rings. The van der Waals surface area contributed by atoms with Gasteiger partial charge in [0.15, 0.2) is 5.13 Å². The van der Waals surface area contributed by atoms with E-state index in [0.717, 1.165) is 12.1 Å². The average molecular weight is 232 g/mol. The molecule has 3 heteroatoms. The lowest BCUT2D eigenvalue weighted by Gasteiger charge is -2.00. The van der Waals surface area contributed by atoms with E-state index in [1.54, 1.807) is 11.3 Å². The van der Waals surface area contributed by atoms with Crippen LogP contribution in [0.4, 0.5) is 5.13 Å². The topological polar surface area (TPSA) is 38.9 Å². The van der Waals surface area contributed by atoms with Crippen LogP contribution in [0.1, 0.15) is 25.5 Å². The molecule has 0 saturated carbocycles. The molecule has 1 heterocycles. The molecule has 0 spiro atoms. The minimum Gasteiger partial charge on any atom is -0.375 e. The van der Waals surface area contributed by atoms with Crippen molar-refractivity contribution in [2.75, 3.05) is 5.73 Å². The molecule has 2 nitrogen and oxygen atoms in total. The molecule has 0 amide bonds. The van der Waals surface area contributed by atoms with E-state index in [-0.39, 0.29) is 0 Å². The second-order valence-corrected chi connectivity index (χ2v) is 4.83. The Kier molecular flexibility index (Phi) is 3.57. The van der Waals surface area contributed by atoms with Crippen LogP contribution in [0.25, 0.3) is 10.4 Å². The average Bonchev–Trinajstić information content (AvgIpc) is 2.69. The van der Waals surface area contributed by atoms with Crippen LogP contribution >= 0.6 is 11.3 Å². The summed E-state index contributed by atoms with van der Waals surface area (Å²) in [7, 11) is 0. The van der Waals surface area contributed by atoms with Crippen LogP contribution in [-0.2, 0) is 6.42 Å². The number of nitrogens with zero attached hydrogens (tertiary/aromatic N) is 1. The number of aryl methyl sites for hydroxylation is 1. The van der Waals surface area contributed by atoms with Crippen LogP contribution in [-0.4, -0.2) is 4.98 Å². The summed E-state index contributed by atoms with van der Waals surface area (Å²) in [6.07, 6.45) is 3.38. The fourth-order valence-electron chi connectivity index (χ4n) is 1.70. The molecule has 0 aliphatic rings. The van der Waals surface area contributed by atoms with E-state index in [4.69, 9.17) is 5.73 Å². The van der Waals surface area contributed by atoms with Crippen LogP contribution in [0.3, 0.4) is 0 Å². The highest BCUT2D eigenvalue weighted by molar-refractivity contribution is 7.18. The lowest BCUT2D eigenvalue weighted by atomic mass is 10.1. The molecule has 84 valence electrons. The van der Waals surface area contributed by atoms with Crippen LogP contribution in [0.2, 0.25) is 0 Å². The summed E-state index contributed by atoms with van der Waals surface area (Å²) in [5, 5.41) is 0.671. The van der Waals surface area contributed by atoms with Crippen LogP contribution in [0, 0.1) is 0 Å². The number of anilines is 1. The molecule has 0 aliphatic carbocycles. The zero-order chi connectivity index (χ0) is 11.4. The Balaban J connectivity index is 2.33. The van der Waals surface area contributed by atoms with Crippen molar-refractivity contribution in [1.82, 2.24) is 4.98 Å². The van der Waals surface area contributed by atoms with Gasteiger partial charge in [0.2, 0.25) is 0 Å². The van der Waals surface area contributed by atoms with E-state index >= 15 is 0 Å². The Morgan fingerprint density at radius 2 is 2.00 bits per heavy atom. The predicted molar refractivity (Wildman–Crippen MR) is 70.6 cm³/mol. The number of benzene rings is 1. The smallest absolute Gasteiger partial charge is 0.180 e.